The first-order valence-corrected chi connectivity index (χ1v) is 9.36. The number of carbonyl (C=O) groups is 1. The van der Waals surface area contributed by atoms with Gasteiger partial charge in [-0.05, 0) is 50.1 Å². The van der Waals surface area contributed by atoms with Crippen molar-refractivity contribution in [3.63, 3.8) is 0 Å². The van der Waals surface area contributed by atoms with Gasteiger partial charge in [0.25, 0.3) is 5.91 Å². The number of carbonyl (C=O) groups excluding carboxylic acids is 1. The fourth-order valence-corrected chi connectivity index (χ4v) is 3.47. The van der Waals surface area contributed by atoms with E-state index in [0.717, 1.165) is 42.0 Å². The van der Waals surface area contributed by atoms with Gasteiger partial charge in [-0.15, -0.1) is 0 Å². The molecule has 1 saturated heterocycles. The summed E-state index contributed by atoms with van der Waals surface area (Å²) in [5.74, 6) is -0.0126. The van der Waals surface area contributed by atoms with Crippen LogP contribution in [0.5, 0.6) is 0 Å². The van der Waals surface area contributed by atoms with Crippen LogP contribution in [0.25, 0.3) is 0 Å². The Kier molecular flexibility index (Phi) is 6.03. The van der Waals surface area contributed by atoms with Gasteiger partial charge in [-0.3, -0.25) is 14.7 Å². The maximum absolute atomic E-state index is 12.8. The summed E-state index contributed by atoms with van der Waals surface area (Å²) in [6.07, 6.45) is -3.49. The minimum absolute atomic E-state index is 0.0126. The highest BCUT2D eigenvalue weighted by molar-refractivity contribution is 5.95. The predicted octanol–water partition coefficient (Wildman–Crippen LogP) is 4.07. The van der Waals surface area contributed by atoms with Crippen LogP contribution in [0.15, 0.2) is 36.4 Å². The van der Waals surface area contributed by atoms with Crippen molar-refractivity contribution < 1.29 is 18.0 Å². The Morgan fingerprint density at radius 1 is 1.00 bits per heavy atom. The number of amides is 1. The van der Waals surface area contributed by atoms with Gasteiger partial charge in [-0.1, -0.05) is 12.1 Å². The first-order valence-electron chi connectivity index (χ1n) is 9.36. The van der Waals surface area contributed by atoms with E-state index in [1.54, 1.807) is 0 Å². The third-order valence-electron chi connectivity index (χ3n) is 5.02. The molecule has 7 heteroatoms. The summed E-state index contributed by atoms with van der Waals surface area (Å²) in [6.45, 7) is 7.05. The molecule has 0 N–H and O–H groups in total. The van der Waals surface area contributed by atoms with Crippen molar-refractivity contribution in [2.45, 2.75) is 33.0 Å². The topological polar surface area (TPSA) is 36.4 Å². The fourth-order valence-electron chi connectivity index (χ4n) is 3.47. The lowest BCUT2D eigenvalue weighted by Crippen LogP contribution is -2.35. The van der Waals surface area contributed by atoms with Crippen molar-refractivity contribution in [3.05, 3.63) is 64.5 Å². The predicted molar refractivity (Wildman–Crippen MR) is 101 cm³/mol. The first kappa shape index (κ1) is 20.3. The van der Waals surface area contributed by atoms with E-state index in [-0.39, 0.29) is 5.91 Å². The lowest BCUT2D eigenvalue weighted by atomic mass is 10.1. The number of alkyl halides is 3. The Bertz CT molecular complexity index is 834. The standard InChI is InChI=1S/C21H24F3N3O/c1-15-4-9-19(16(2)25-15)20(28)27-11-3-10-26(12-13-27)14-17-5-7-18(8-6-17)21(22,23)24/h4-9H,3,10-14H2,1-2H3. The van der Waals surface area contributed by atoms with Crippen LogP contribution < -0.4 is 0 Å². The normalized spacial score (nSPS) is 16.1. The van der Waals surface area contributed by atoms with E-state index < -0.39 is 11.7 Å². The number of aromatic nitrogens is 1. The number of halogens is 3. The molecule has 1 aliphatic rings. The van der Waals surface area contributed by atoms with Crippen molar-refractivity contribution in [1.82, 2.24) is 14.8 Å². The second kappa shape index (κ2) is 8.31. The van der Waals surface area contributed by atoms with Crippen LogP contribution in [0.3, 0.4) is 0 Å². The summed E-state index contributed by atoms with van der Waals surface area (Å²) < 4.78 is 38.1. The Hall–Kier alpha value is -2.41. The number of pyridine rings is 1. The molecule has 0 aliphatic carbocycles. The van der Waals surface area contributed by atoms with Crippen molar-refractivity contribution in [2.24, 2.45) is 0 Å². The Morgan fingerprint density at radius 3 is 2.36 bits per heavy atom. The molecule has 1 aromatic heterocycles. The third-order valence-corrected chi connectivity index (χ3v) is 5.02. The summed E-state index contributed by atoms with van der Waals surface area (Å²) in [6, 6.07) is 8.96. The van der Waals surface area contributed by atoms with Crippen LogP contribution in [0.4, 0.5) is 13.2 Å². The zero-order chi connectivity index (χ0) is 20.3. The number of rotatable bonds is 3. The lowest BCUT2D eigenvalue weighted by molar-refractivity contribution is -0.137. The zero-order valence-electron chi connectivity index (χ0n) is 16.1. The highest BCUT2D eigenvalue weighted by atomic mass is 19.4. The molecule has 3 rings (SSSR count). The van der Waals surface area contributed by atoms with Gasteiger partial charge in [0, 0.05) is 38.4 Å². The molecule has 0 radical (unpaired) electrons. The SMILES string of the molecule is Cc1ccc(C(=O)N2CCCN(Cc3ccc(C(F)(F)F)cc3)CC2)c(C)n1. The number of nitrogens with zero attached hydrogens (tertiary/aromatic N) is 3. The summed E-state index contributed by atoms with van der Waals surface area (Å²) in [5, 5.41) is 0. The van der Waals surface area contributed by atoms with Crippen molar-refractivity contribution in [2.75, 3.05) is 26.2 Å². The maximum Gasteiger partial charge on any atom is 0.416 e. The first-order chi connectivity index (χ1) is 13.2. The smallest absolute Gasteiger partial charge is 0.337 e. The zero-order valence-corrected chi connectivity index (χ0v) is 16.1. The van der Waals surface area contributed by atoms with Crippen LogP contribution in [0, 0.1) is 13.8 Å². The molecule has 1 fully saturated rings. The van der Waals surface area contributed by atoms with Gasteiger partial charge in [0.15, 0.2) is 0 Å². The molecule has 150 valence electrons. The Balaban J connectivity index is 1.61. The van der Waals surface area contributed by atoms with E-state index in [0.29, 0.717) is 31.7 Å². The largest absolute Gasteiger partial charge is 0.416 e. The van der Waals surface area contributed by atoms with Crippen LogP contribution in [-0.2, 0) is 12.7 Å². The summed E-state index contributed by atoms with van der Waals surface area (Å²) in [7, 11) is 0. The van der Waals surface area contributed by atoms with Gasteiger partial charge in [-0.2, -0.15) is 13.2 Å². The summed E-state index contributed by atoms with van der Waals surface area (Å²) in [5.41, 5.74) is 2.45. The molecular weight excluding hydrogens is 367 g/mol. The van der Waals surface area contributed by atoms with E-state index in [4.69, 9.17) is 0 Å². The number of hydrogen-bond donors (Lipinski definition) is 0. The molecular formula is C21H24F3N3O. The Morgan fingerprint density at radius 2 is 1.71 bits per heavy atom. The van der Waals surface area contributed by atoms with Crippen molar-refractivity contribution >= 4 is 5.91 Å². The van der Waals surface area contributed by atoms with E-state index in [1.807, 2.05) is 30.9 Å². The molecule has 2 aromatic rings. The quantitative estimate of drug-likeness (QED) is 0.792. The average molecular weight is 391 g/mol. The molecule has 0 bridgehead atoms. The fraction of sp³-hybridized carbons (Fsp3) is 0.429. The van der Waals surface area contributed by atoms with Crippen LogP contribution in [-0.4, -0.2) is 46.9 Å². The molecule has 1 amide bonds. The van der Waals surface area contributed by atoms with Crippen molar-refractivity contribution in [1.29, 1.82) is 0 Å². The van der Waals surface area contributed by atoms with E-state index in [2.05, 4.69) is 9.88 Å². The van der Waals surface area contributed by atoms with Gasteiger partial charge < -0.3 is 4.90 Å². The van der Waals surface area contributed by atoms with Gasteiger partial charge in [0.1, 0.15) is 0 Å². The minimum atomic E-state index is -4.31. The van der Waals surface area contributed by atoms with Crippen LogP contribution >= 0.6 is 0 Å². The molecule has 0 spiro atoms. The number of hydrogen-bond acceptors (Lipinski definition) is 3. The molecule has 28 heavy (non-hydrogen) atoms. The number of benzene rings is 1. The second-order valence-corrected chi connectivity index (χ2v) is 7.20. The van der Waals surface area contributed by atoms with Crippen LogP contribution in [0.2, 0.25) is 0 Å². The van der Waals surface area contributed by atoms with E-state index in [1.165, 1.54) is 12.1 Å². The number of aryl methyl sites for hydroxylation is 2. The average Bonchev–Trinajstić information content (AvgIpc) is 2.86. The second-order valence-electron chi connectivity index (χ2n) is 7.20. The monoisotopic (exact) mass is 391 g/mol. The van der Waals surface area contributed by atoms with Gasteiger partial charge in [0.2, 0.25) is 0 Å². The molecule has 0 atom stereocenters. The summed E-state index contributed by atoms with van der Waals surface area (Å²) in [4.78, 5) is 21.2. The third kappa shape index (κ3) is 4.90. The lowest BCUT2D eigenvalue weighted by Gasteiger charge is -2.22. The van der Waals surface area contributed by atoms with Gasteiger partial charge in [-0.25, -0.2) is 0 Å². The maximum atomic E-state index is 12.8. The van der Waals surface area contributed by atoms with Crippen molar-refractivity contribution in [3.8, 4) is 0 Å². The molecule has 2 heterocycles. The molecule has 0 unspecified atom stereocenters. The molecule has 1 aliphatic heterocycles. The minimum Gasteiger partial charge on any atom is -0.337 e. The van der Waals surface area contributed by atoms with Gasteiger partial charge in [0.05, 0.1) is 16.8 Å². The van der Waals surface area contributed by atoms with E-state index >= 15 is 0 Å². The van der Waals surface area contributed by atoms with Crippen LogP contribution in [0.1, 0.15) is 39.3 Å². The molecule has 4 nitrogen and oxygen atoms in total. The highest BCUT2D eigenvalue weighted by Gasteiger charge is 2.30. The van der Waals surface area contributed by atoms with Gasteiger partial charge >= 0.3 is 6.18 Å². The van der Waals surface area contributed by atoms with E-state index in [9.17, 15) is 18.0 Å². The molecule has 1 aromatic carbocycles. The summed E-state index contributed by atoms with van der Waals surface area (Å²) >= 11 is 0. The highest BCUT2D eigenvalue weighted by Crippen LogP contribution is 2.29. The Labute approximate surface area is 163 Å². The molecule has 0 saturated carbocycles.